The maximum Gasteiger partial charge on any atom is 0.273 e. The van der Waals surface area contributed by atoms with Crippen molar-refractivity contribution in [2.45, 2.75) is 32.2 Å². The van der Waals surface area contributed by atoms with Crippen LogP contribution < -0.4 is 5.32 Å². The third kappa shape index (κ3) is 3.05. The van der Waals surface area contributed by atoms with Gasteiger partial charge in [0.15, 0.2) is 5.69 Å². The van der Waals surface area contributed by atoms with E-state index in [1.165, 1.54) is 0 Å². The molecule has 0 unspecified atom stereocenters. The Hall–Kier alpha value is -2.25. The van der Waals surface area contributed by atoms with Gasteiger partial charge in [-0.15, -0.1) is 5.10 Å². The number of hydrogen-bond acceptors (Lipinski definition) is 5. The first-order chi connectivity index (χ1) is 11.6. The van der Waals surface area contributed by atoms with E-state index in [4.69, 9.17) is 0 Å². The predicted octanol–water partition coefficient (Wildman–Crippen LogP) is 0.693. The van der Waals surface area contributed by atoms with Crippen LogP contribution in [0.15, 0.2) is 30.5 Å². The minimum atomic E-state index is -0.463. The van der Waals surface area contributed by atoms with Gasteiger partial charge in [-0.25, -0.2) is 4.68 Å². The Morgan fingerprint density at radius 3 is 2.71 bits per heavy atom. The lowest BCUT2D eigenvalue weighted by Crippen LogP contribution is -2.54. The minimum absolute atomic E-state index is 0.0510. The van der Waals surface area contributed by atoms with Crippen molar-refractivity contribution in [3.05, 3.63) is 41.7 Å². The highest BCUT2D eigenvalue weighted by Crippen LogP contribution is 2.40. The number of nitrogens with one attached hydrogen (secondary N) is 1. The van der Waals surface area contributed by atoms with Gasteiger partial charge in [-0.3, -0.25) is 4.79 Å². The van der Waals surface area contributed by atoms with Crippen molar-refractivity contribution in [1.82, 2.24) is 20.3 Å². The number of benzene rings is 1. The Balaban J connectivity index is 1.67. The van der Waals surface area contributed by atoms with Gasteiger partial charge in [-0.2, -0.15) is 0 Å². The standard InChI is InChI=1S/C17H22N4O3/c1-2-12-5-3-4-6-15(12)21-9-14(19-20-21)16(24)18-13-7-17(8-13,10-22)11-23/h3-6,9,13,22-23H,2,7-8,10-11H2,1H3,(H,18,24). The number of aromatic nitrogens is 3. The summed E-state index contributed by atoms with van der Waals surface area (Å²) < 4.78 is 1.61. The predicted molar refractivity (Wildman–Crippen MR) is 87.8 cm³/mol. The van der Waals surface area contributed by atoms with Crippen LogP contribution in [0.4, 0.5) is 0 Å². The van der Waals surface area contributed by atoms with Gasteiger partial charge in [0.25, 0.3) is 5.91 Å². The normalized spacial score (nSPS) is 16.6. The molecule has 128 valence electrons. The van der Waals surface area contributed by atoms with Crippen molar-refractivity contribution in [2.24, 2.45) is 5.41 Å². The summed E-state index contributed by atoms with van der Waals surface area (Å²) in [5, 5.41) is 29.5. The number of carbonyl (C=O) groups is 1. The molecule has 0 spiro atoms. The second kappa shape index (κ2) is 6.70. The van der Waals surface area contributed by atoms with Gasteiger partial charge >= 0.3 is 0 Å². The summed E-state index contributed by atoms with van der Waals surface area (Å²) in [4.78, 5) is 12.3. The first-order valence-electron chi connectivity index (χ1n) is 8.14. The Morgan fingerprint density at radius 2 is 2.04 bits per heavy atom. The molecule has 0 bridgehead atoms. The van der Waals surface area contributed by atoms with Crippen LogP contribution in [0.5, 0.6) is 0 Å². The topological polar surface area (TPSA) is 100 Å². The number of aliphatic hydroxyl groups is 2. The Bertz CT molecular complexity index is 716. The minimum Gasteiger partial charge on any atom is -0.396 e. The molecule has 24 heavy (non-hydrogen) atoms. The molecular weight excluding hydrogens is 308 g/mol. The molecule has 3 N–H and O–H groups in total. The molecule has 1 heterocycles. The van der Waals surface area contributed by atoms with Gasteiger partial charge < -0.3 is 15.5 Å². The van der Waals surface area contributed by atoms with E-state index < -0.39 is 5.41 Å². The molecule has 1 fully saturated rings. The van der Waals surface area contributed by atoms with Crippen LogP contribution in [0.2, 0.25) is 0 Å². The molecule has 1 saturated carbocycles. The quantitative estimate of drug-likeness (QED) is 0.724. The van der Waals surface area contributed by atoms with Gasteiger partial charge in [-0.05, 0) is 30.9 Å². The van der Waals surface area contributed by atoms with Crippen LogP contribution >= 0.6 is 0 Å². The first-order valence-corrected chi connectivity index (χ1v) is 8.14. The van der Waals surface area contributed by atoms with Crippen LogP contribution in [0.1, 0.15) is 35.8 Å². The van der Waals surface area contributed by atoms with Crippen LogP contribution in [-0.2, 0) is 6.42 Å². The molecule has 3 rings (SSSR count). The number of rotatable bonds is 6. The van der Waals surface area contributed by atoms with Crippen LogP contribution in [0.3, 0.4) is 0 Å². The second-order valence-electron chi connectivity index (χ2n) is 6.43. The molecule has 1 aromatic carbocycles. The molecule has 0 atom stereocenters. The maximum atomic E-state index is 12.3. The summed E-state index contributed by atoms with van der Waals surface area (Å²) in [5.41, 5.74) is 1.83. The SMILES string of the molecule is CCc1ccccc1-n1cc(C(=O)NC2CC(CO)(CO)C2)nn1. The van der Waals surface area contributed by atoms with E-state index in [0.29, 0.717) is 12.8 Å². The number of nitrogens with zero attached hydrogens (tertiary/aromatic N) is 3. The summed E-state index contributed by atoms with van der Waals surface area (Å²) in [6.45, 7) is 1.92. The molecule has 1 aromatic heterocycles. The molecule has 1 aliphatic rings. The summed E-state index contributed by atoms with van der Waals surface area (Å²) in [7, 11) is 0. The van der Waals surface area contributed by atoms with Gasteiger partial charge in [0, 0.05) is 11.5 Å². The Labute approximate surface area is 140 Å². The highest BCUT2D eigenvalue weighted by Gasteiger charge is 2.44. The molecule has 1 aliphatic carbocycles. The Morgan fingerprint density at radius 1 is 1.33 bits per heavy atom. The number of carbonyl (C=O) groups excluding carboxylic acids is 1. The van der Waals surface area contributed by atoms with Crippen molar-refractivity contribution in [3.8, 4) is 5.69 Å². The molecule has 7 nitrogen and oxygen atoms in total. The largest absolute Gasteiger partial charge is 0.396 e. The van der Waals surface area contributed by atoms with Crippen molar-refractivity contribution in [3.63, 3.8) is 0 Å². The molecule has 0 radical (unpaired) electrons. The lowest BCUT2D eigenvalue weighted by atomic mass is 9.66. The molecule has 0 aliphatic heterocycles. The fraction of sp³-hybridized carbons (Fsp3) is 0.471. The number of aryl methyl sites for hydroxylation is 1. The van der Waals surface area contributed by atoms with E-state index >= 15 is 0 Å². The van der Waals surface area contributed by atoms with Crippen LogP contribution in [0, 0.1) is 5.41 Å². The molecular formula is C17H22N4O3. The fourth-order valence-electron chi connectivity index (χ4n) is 3.17. The van der Waals surface area contributed by atoms with E-state index in [1.54, 1.807) is 10.9 Å². The number of hydrogen-bond donors (Lipinski definition) is 3. The van der Waals surface area contributed by atoms with Crippen molar-refractivity contribution >= 4 is 5.91 Å². The van der Waals surface area contributed by atoms with Crippen LogP contribution in [-0.4, -0.2) is 50.4 Å². The third-order valence-electron chi connectivity index (χ3n) is 4.71. The van der Waals surface area contributed by atoms with Gasteiger partial charge in [0.05, 0.1) is 25.1 Å². The van der Waals surface area contributed by atoms with E-state index in [-0.39, 0.29) is 30.9 Å². The summed E-state index contributed by atoms with van der Waals surface area (Å²) in [6, 6.07) is 7.81. The zero-order valence-electron chi connectivity index (χ0n) is 13.6. The third-order valence-corrected chi connectivity index (χ3v) is 4.71. The van der Waals surface area contributed by atoms with Gasteiger partial charge in [0.2, 0.25) is 0 Å². The number of aliphatic hydroxyl groups excluding tert-OH is 2. The van der Waals surface area contributed by atoms with Crippen molar-refractivity contribution in [2.75, 3.05) is 13.2 Å². The van der Waals surface area contributed by atoms with Gasteiger partial charge in [0.1, 0.15) is 0 Å². The lowest BCUT2D eigenvalue weighted by Gasteiger charge is -2.45. The summed E-state index contributed by atoms with van der Waals surface area (Å²) in [6.07, 6.45) is 3.62. The van der Waals surface area contributed by atoms with E-state index in [9.17, 15) is 15.0 Å². The zero-order valence-corrected chi connectivity index (χ0v) is 13.6. The monoisotopic (exact) mass is 330 g/mol. The second-order valence-corrected chi connectivity index (χ2v) is 6.43. The molecule has 1 amide bonds. The van der Waals surface area contributed by atoms with E-state index in [0.717, 1.165) is 17.7 Å². The fourth-order valence-corrected chi connectivity index (χ4v) is 3.17. The summed E-state index contributed by atoms with van der Waals surface area (Å²) >= 11 is 0. The van der Waals surface area contributed by atoms with Crippen molar-refractivity contribution in [1.29, 1.82) is 0 Å². The highest BCUT2D eigenvalue weighted by atomic mass is 16.3. The number of para-hydroxylation sites is 1. The smallest absolute Gasteiger partial charge is 0.273 e. The zero-order chi connectivity index (χ0) is 17.2. The lowest BCUT2D eigenvalue weighted by molar-refractivity contribution is -0.0300. The highest BCUT2D eigenvalue weighted by molar-refractivity contribution is 5.92. The average Bonchev–Trinajstić information content (AvgIpc) is 3.07. The average molecular weight is 330 g/mol. The van der Waals surface area contributed by atoms with Crippen LogP contribution in [0.25, 0.3) is 5.69 Å². The molecule has 2 aromatic rings. The van der Waals surface area contributed by atoms with E-state index in [1.807, 2.05) is 24.3 Å². The van der Waals surface area contributed by atoms with Crippen molar-refractivity contribution < 1.29 is 15.0 Å². The Kier molecular flexibility index (Phi) is 4.64. The van der Waals surface area contributed by atoms with E-state index in [2.05, 4.69) is 22.6 Å². The maximum absolute atomic E-state index is 12.3. The molecule has 0 saturated heterocycles. The van der Waals surface area contributed by atoms with Gasteiger partial charge in [-0.1, -0.05) is 30.3 Å². The summed E-state index contributed by atoms with van der Waals surface area (Å²) in [5.74, 6) is -0.287. The first kappa shape index (κ1) is 16.6. The molecule has 7 heteroatoms. The number of amides is 1.